The summed E-state index contributed by atoms with van der Waals surface area (Å²) in [6.07, 6.45) is 4.51. The third-order valence-corrected chi connectivity index (χ3v) is 3.63. The molecule has 0 spiro atoms. The molecular weight excluding hydrogens is 288 g/mol. The van der Waals surface area contributed by atoms with Gasteiger partial charge in [-0.15, -0.1) is 0 Å². The van der Waals surface area contributed by atoms with Crippen molar-refractivity contribution >= 4 is 22.4 Å². The summed E-state index contributed by atoms with van der Waals surface area (Å²) in [5.41, 5.74) is 0. The van der Waals surface area contributed by atoms with E-state index < -0.39 is 6.10 Å². The van der Waals surface area contributed by atoms with E-state index in [1.54, 1.807) is 23.3 Å². The number of nitrogens with zero attached hydrogens (tertiary/aromatic N) is 2. The number of ether oxygens (including phenoxy) is 1. The monoisotopic (exact) mass is 302 g/mol. The molecule has 0 fully saturated rings. The maximum atomic E-state index is 9.97. The van der Waals surface area contributed by atoms with Gasteiger partial charge >= 0.3 is 0 Å². The number of hydrogen-bond donors (Lipinski definition) is 1. The third-order valence-electron chi connectivity index (χ3n) is 3.24. The molecule has 2 aromatic carbocycles. The van der Waals surface area contributed by atoms with Crippen molar-refractivity contribution in [2.75, 3.05) is 6.61 Å². The standard InChI is InChI=1S/C16H15ClN2O2/c17-16-14-4-2-1-3-12(14)5-6-15(16)21-10-13(20)9-19-8-7-18-11-19/h1-8,11,13,20H,9-10H2/t13-/m1/s1. The second kappa shape index (κ2) is 6.16. The molecule has 3 aromatic rings. The van der Waals surface area contributed by atoms with E-state index in [0.29, 0.717) is 17.3 Å². The molecule has 0 amide bonds. The van der Waals surface area contributed by atoms with Gasteiger partial charge in [-0.3, -0.25) is 0 Å². The molecule has 108 valence electrons. The predicted octanol–water partition coefficient (Wildman–Crippen LogP) is 3.13. The molecule has 0 aliphatic rings. The van der Waals surface area contributed by atoms with Crippen LogP contribution >= 0.6 is 11.6 Å². The molecule has 0 aliphatic carbocycles. The lowest BCUT2D eigenvalue weighted by molar-refractivity contribution is 0.0926. The van der Waals surface area contributed by atoms with E-state index in [9.17, 15) is 5.11 Å². The highest BCUT2D eigenvalue weighted by atomic mass is 35.5. The number of imidazole rings is 1. The van der Waals surface area contributed by atoms with Gasteiger partial charge in [-0.05, 0) is 11.5 Å². The summed E-state index contributed by atoms with van der Waals surface area (Å²) in [6.45, 7) is 0.613. The number of fused-ring (bicyclic) bond motifs is 1. The molecule has 1 heterocycles. The molecule has 1 aromatic heterocycles. The highest BCUT2D eigenvalue weighted by Crippen LogP contribution is 2.32. The third kappa shape index (κ3) is 3.17. The van der Waals surface area contributed by atoms with E-state index in [1.165, 1.54) is 0 Å². The Morgan fingerprint density at radius 3 is 2.90 bits per heavy atom. The zero-order chi connectivity index (χ0) is 14.7. The van der Waals surface area contributed by atoms with Crippen molar-refractivity contribution in [3.05, 3.63) is 60.1 Å². The molecule has 0 saturated heterocycles. The fraction of sp³-hybridized carbons (Fsp3) is 0.188. The quantitative estimate of drug-likeness (QED) is 0.787. The van der Waals surface area contributed by atoms with E-state index >= 15 is 0 Å². The lowest BCUT2D eigenvalue weighted by Gasteiger charge is -2.14. The van der Waals surface area contributed by atoms with E-state index in [1.807, 2.05) is 36.4 Å². The topological polar surface area (TPSA) is 47.3 Å². The second-order valence-corrected chi connectivity index (χ2v) is 5.20. The minimum absolute atomic E-state index is 0.177. The summed E-state index contributed by atoms with van der Waals surface area (Å²) in [4.78, 5) is 3.93. The van der Waals surface area contributed by atoms with Gasteiger partial charge in [-0.1, -0.05) is 41.9 Å². The Kier molecular flexibility index (Phi) is 4.08. The Morgan fingerprint density at radius 2 is 2.10 bits per heavy atom. The zero-order valence-electron chi connectivity index (χ0n) is 11.3. The molecule has 21 heavy (non-hydrogen) atoms. The molecule has 0 saturated carbocycles. The SMILES string of the molecule is O[C@@H](COc1ccc2ccccc2c1Cl)Cn1ccnc1. The maximum absolute atomic E-state index is 9.97. The molecule has 3 rings (SSSR count). The second-order valence-electron chi connectivity index (χ2n) is 4.82. The van der Waals surface area contributed by atoms with Gasteiger partial charge in [0, 0.05) is 17.8 Å². The van der Waals surface area contributed by atoms with Crippen LogP contribution in [-0.2, 0) is 6.54 Å². The van der Waals surface area contributed by atoms with Crippen molar-refractivity contribution in [1.82, 2.24) is 9.55 Å². The summed E-state index contributed by atoms with van der Waals surface area (Å²) in [5.74, 6) is 0.583. The number of aliphatic hydroxyl groups is 1. The van der Waals surface area contributed by atoms with Crippen LogP contribution in [0.15, 0.2) is 55.1 Å². The largest absolute Gasteiger partial charge is 0.489 e. The van der Waals surface area contributed by atoms with Crippen LogP contribution in [0.5, 0.6) is 5.75 Å². The van der Waals surface area contributed by atoms with Crippen molar-refractivity contribution in [1.29, 1.82) is 0 Å². The molecule has 0 unspecified atom stereocenters. The number of aromatic nitrogens is 2. The summed E-state index contributed by atoms with van der Waals surface area (Å²) in [6, 6.07) is 11.6. The minimum Gasteiger partial charge on any atom is -0.489 e. The molecule has 1 atom stereocenters. The molecule has 0 radical (unpaired) electrons. The number of halogens is 1. The van der Waals surface area contributed by atoms with E-state index in [2.05, 4.69) is 4.98 Å². The van der Waals surface area contributed by atoms with Crippen LogP contribution in [-0.4, -0.2) is 27.4 Å². The average Bonchev–Trinajstić information content (AvgIpc) is 3.00. The van der Waals surface area contributed by atoms with Gasteiger partial charge in [0.05, 0.1) is 17.9 Å². The Morgan fingerprint density at radius 1 is 1.24 bits per heavy atom. The first-order valence-electron chi connectivity index (χ1n) is 6.68. The van der Waals surface area contributed by atoms with Crippen LogP contribution in [0.1, 0.15) is 0 Å². The number of benzene rings is 2. The van der Waals surface area contributed by atoms with Crippen LogP contribution in [0.4, 0.5) is 0 Å². The lowest BCUT2D eigenvalue weighted by atomic mass is 10.1. The van der Waals surface area contributed by atoms with Gasteiger partial charge in [0.15, 0.2) is 0 Å². The molecule has 4 nitrogen and oxygen atoms in total. The highest BCUT2D eigenvalue weighted by Gasteiger charge is 2.10. The van der Waals surface area contributed by atoms with Crippen LogP contribution in [0.25, 0.3) is 10.8 Å². The molecule has 5 heteroatoms. The van der Waals surface area contributed by atoms with Crippen LogP contribution in [0.2, 0.25) is 5.02 Å². The molecule has 1 N–H and O–H groups in total. The Labute approximate surface area is 127 Å². The van der Waals surface area contributed by atoms with Crippen molar-refractivity contribution in [3.8, 4) is 5.75 Å². The summed E-state index contributed by atoms with van der Waals surface area (Å²) in [7, 11) is 0. The molecule has 0 aliphatic heterocycles. The van der Waals surface area contributed by atoms with Crippen LogP contribution in [0.3, 0.4) is 0 Å². The van der Waals surface area contributed by atoms with Crippen molar-refractivity contribution in [2.24, 2.45) is 0 Å². The molecular formula is C16H15ClN2O2. The Balaban J connectivity index is 1.69. The summed E-state index contributed by atoms with van der Waals surface area (Å²) < 4.78 is 7.44. The fourth-order valence-corrected chi connectivity index (χ4v) is 2.49. The van der Waals surface area contributed by atoms with Gasteiger partial charge in [-0.25, -0.2) is 4.98 Å². The Bertz CT molecular complexity index is 728. The van der Waals surface area contributed by atoms with Crippen molar-refractivity contribution in [3.63, 3.8) is 0 Å². The van der Waals surface area contributed by atoms with Gasteiger partial charge < -0.3 is 14.4 Å². The number of hydrogen-bond acceptors (Lipinski definition) is 3. The normalized spacial score (nSPS) is 12.5. The van der Waals surface area contributed by atoms with Crippen LogP contribution in [0, 0.1) is 0 Å². The van der Waals surface area contributed by atoms with Gasteiger partial charge in [-0.2, -0.15) is 0 Å². The summed E-state index contributed by atoms with van der Waals surface area (Å²) >= 11 is 6.35. The van der Waals surface area contributed by atoms with E-state index in [0.717, 1.165) is 10.8 Å². The maximum Gasteiger partial charge on any atom is 0.138 e. The van der Waals surface area contributed by atoms with Crippen LogP contribution < -0.4 is 4.74 Å². The predicted molar refractivity (Wildman–Crippen MR) is 82.7 cm³/mol. The summed E-state index contributed by atoms with van der Waals surface area (Å²) in [5, 5.41) is 12.6. The highest BCUT2D eigenvalue weighted by molar-refractivity contribution is 6.37. The van der Waals surface area contributed by atoms with E-state index in [4.69, 9.17) is 16.3 Å². The first kappa shape index (κ1) is 13.9. The van der Waals surface area contributed by atoms with Gasteiger partial charge in [0.1, 0.15) is 18.5 Å². The fourth-order valence-electron chi connectivity index (χ4n) is 2.20. The first-order valence-corrected chi connectivity index (χ1v) is 7.05. The molecule has 0 bridgehead atoms. The van der Waals surface area contributed by atoms with E-state index in [-0.39, 0.29) is 6.61 Å². The number of aliphatic hydroxyl groups excluding tert-OH is 1. The van der Waals surface area contributed by atoms with Gasteiger partial charge in [0.2, 0.25) is 0 Å². The zero-order valence-corrected chi connectivity index (χ0v) is 12.1. The van der Waals surface area contributed by atoms with Crippen molar-refractivity contribution in [2.45, 2.75) is 12.6 Å². The average molecular weight is 303 g/mol. The lowest BCUT2D eigenvalue weighted by Crippen LogP contribution is -2.23. The number of rotatable bonds is 5. The minimum atomic E-state index is -0.623. The van der Waals surface area contributed by atoms with Gasteiger partial charge in [0.25, 0.3) is 0 Å². The first-order chi connectivity index (χ1) is 10.2. The Hall–Kier alpha value is -2.04. The van der Waals surface area contributed by atoms with Crippen molar-refractivity contribution < 1.29 is 9.84 Å². The smallest absolute Gasteiger partial charge is 0.138 e.